The molecule has 0 atom stereocenters. The molecule has 0 N–H and O–H groups in total. The van der Waals surface area contributed by atoms with Crippen LogP contribution in [-0.4, -0.2) is 25.5 Å². The zero-order chi connectivity index (χ0) is 35.0. The Balaban J connectivity index is 1.74. The zero-order valence-corrected chi connectivity index (χ0v) is 26.9. The minimum Gasteiger partial charge on any atom is -0.465 e. The molecular formula is C37H21ClF3N3O4S. The summed E-state index contributed by atoms with van der Waals surface area (Å²) in [7, 11) is -3.39. The lowest BCUT2D eigenvalue weighted by molar-refractivity contribution is 0.0600. The second-order valence-electron chi connectivity index (χ2n) is 10.7. The van der Waals surface area contributed by atoms with Gasteiger partial charge < -0.3 is 4.74 Å². The Bertz CT molecular complexity index is 2470. The number of hydrogen-bond donors (Lipinski definition) is 0. The van der Waals surface area contributed by atoms with Crippen LogP contribution in [0, 0.1) is 28.5 Å². The fourth-order valence-electron chi connectivity index (χ4n) is 5.73. The van der Waals surface area contributed by atoms with Gasteiger partial charge in [0.25, 0.3) is 16.4 Å². The van der Waals surface area contributed by atoms with E-state index in [4.69, 9.17) is 16.3 Å². The number of fused-ring (bicyclic) bond motifs is 1. The molecule has 0 aliphatic carbocycles. The van der Waals surface area contributed by atoms with Gasteiger partial charge in [-0.25, -0.2) is 30.4 Å². The number of alkyl halides is 2. The van der Waals surface area contributed by atoms with Crippen LogP contribution in [0.15, 0.2) is 108 Å². The Labute approximate surface area is 283 Å². The molecule has 242 valence electrons. The Morgan fingerprint density at radius 2 is 1.49 bits per heavy atom. The van der Waals surface area contributed by atoms with Crippen molar-refractivity contribution in [1.82, 2.24) is 3.97 Å². The number of benzene rings is 5. The van der Waals surface area contributed by atoms with Gasteiger partial charge in [-0.2, -0.15) is 10.5 Å². The molecule has 0 saturated heterocycles. The van der Waals surface area contributed by atoms with Crippen molar-refractivity contribution >= 4 is 38.5 Å². The standard InChI is InChI=1S/C37H21ClF3N3O4S/c1-48-37(45)24-10-14-29(31(38)17-24)22-4-2-5-23(16-22)35-34(33-25(19-42)6-3-7-26(33)20-43)30-18-27(39)11-15-32(30)44(35)49(46,47)28-12-8-21(9-13-28)36(40)41/h2-18,36H,1H3. The largest absolute Gasteiger partial charge is 0.465 e. The summed E-state index contributed by atoms with van der Waals surface area (Å²) in [5, 5.41) is 20.5. The number of carbonyl (C=O) groups is 1. The fraction of sp³-hybridized carbons (Fsp3) is 0.0541. The molecule has 0 unspecified atom stereocenters. The molecule has 7 nitrogen and oxygen atoms in total. The average Bonchev–Trinajstić information content (AvgIpc) is 3.45. The van der Waals surface area contributed by atoms with Crippen molar-refractivity contribution in [2.45, 2.75) is 11.3 Å². The van der Waals surface area contributed by atoms with E-state index in [1.165, 1.54) is 43.5 Å². The number of nitrogens with zero attached hydrogens (tertiary/aromatic N) is 3. The lowest BCUT2D eigenvalue weighted by Crippen LogP contribution is -2.14. The highest BCUT2D eigenvalue weighted by molar-refractivity contribution is 7.90. The Kier molecular flexibility index (Phi) is 8.74. The van der Waals surface area contributed by atoms with Crippen LogP contribution in [0.2, 0.25) is 5.02 Å². The lowest BCUT2D eigenvalue weighted by atomic mass is 9.90. The topological polar surface area (TPSA) is 113 Å². The Morgan fingerprint density at radius 3 is 2.10 bits per heavy atom. The summed E-state index contributed by atoms with van der Waals surface area (Å²) in [5.41, 5.74) is 1.26. The van der Waals surface area contributed by atoms with Crippen LogP contribution < -0.4 is 0 Å². The molecular weight excluding hydrogens is 675 g/mol. The lowest BCUT2D eigenvalue weighted by Gasteiger charge is -2.16. The summed E-state index contributed by atoms with van der Waals surface area (Å²) in [6.45, 7) is 0. The second-order valence-corrected chi connectivity index (χ2v) is 12.9. The van der Waals surface area contributed by atoms with Crippen LogP contribution in [0.25, 0.3) is 44.4 Å². The first-order valence-electron chi connectivity index (χ1n) is 14.4. The van der Waals surface area contributed by atoms with Gasteiger partial charge in [0.2, 0.25) is 0 Å². The Morgan fingerprint density at radius 1 is 0.837 bits per heavy atom. The molecule has 49 heavy (non-hydrogen) atoms. The number of carbonyl (C=O) groups excluding carboxylic acids is 1. The second kappa shape index (κ2) is 13.0. The van der Waals surface area contributed by atoms with Crippen molar-refractivity contribution in [1.29, 1.82) is 10.5 Å². The number of esters is 1. The number of rotatable bonds is 7. The predicted octanol–water partition coefficient (Wildman–Crippen LogP) is 9.14. The van der Waals surface area contributed by atoms with E-state index in [1.807, 2.05) is 0 Å². The molecule has 12 heteroatoms. The quantitative estimate of drug-likeness (QED) is 0.154. The van der Waals surface area contributed by atoms with Gasteiger partial charge in [0.05, 0.1) is 52.0 Å². The van der Waals surface area contributed by atoms with Gasteiger partial charge in [-0.05, 0) is 66.2 Å². The van der Waals surface area contributed by atoms with Crippen molar-refractivity contribution in [3.63, 3.8) is 0 Å². The van der Waals surface area contributed by atoms with E-state index in [1.54, 1.807) is 30.3 Å². The minimum atomic E-state index is -4.62. The summed E-state index contributed by atoms with van der Waals surface area (Å²) in [6, 6.07) is 27.2. The molecule has 6 rings (SSSR count). The molecule has 1 heterocycles. The highest BCUT2D eigenvalue weighted by Crippen LogP contribution is 2.46. The Hall–Kier alpha value is -5.88. The van der Waals surface area contributed by atoms with Crippen LogP contribution >= 0.6 is 11.6 Å². The third-order valence-electron chi connectivity index (χ3n) is 7.95. The van der Waals surface area contributed by atoms with Crippen molar-refractivity contribution in [3.05, 3.63) is 136 Å². The van der Waals surface area contributed by atoms with E-state index in [0.717, 1.165) is 40.4 Å². The molecule has 6 aromatic rings. The van der Waals surface area contributed by atoms with Crippen LogP contribution in [0.4, 0.5) is 13.2 Å². The van der Waals surface area contributed by atoms with E-state index in [-0.39, 0.29) is 65.5 Å². The third kappa shape index (κ3) is 5.80. The molecule has 0 saturated carbocycles. The van der Waals surface area contributed by atoms with Gasteiger partial charge in [-0.15, -0.1) is 0 Å². The maximum atomic E-state index is 15.0. The molecule has 0 bridgehead atoms. The summed E-state index contributed by atoms with van der Waals surface area (Å²) < 4.78 is 76.7. The van der Waals surface area contributed by atoms with Crippen molar-refractivity contribution in [2.75, 3.05) is 7.11 Å². The SMILES string of the molecule is COC(=O)c1ccc(-c2cccc(-c3c(-c4c(C#N)cccc4C#N)c4cc(F)ccc4n3S(=O)(=O)c3ccc(C(F)F)cc3)c2)c(Cl)c1. The normalized spacial score (nSPS) is 11.3. The third-order valence-corrected chi connectivity index (χ3v) is 9.99. The van der Waals surface area contributed by atoms with Gasteiger partial charge >= 0.3 is 5.97 Å². The number of halogens is 4. The number of aromatic nitrogens is 1. The van der Waals surface area contributed by atoms with E-state index in [2.05, 4.69) is 12.1 Å². The highest BCUT2D eigenvalue weighted by atomic mass is 35.5. The summed E-state index contributed by atoms with van der Waals surface area (Å²) in [4.78, 5) is 11.8. The predicted molar refractivity (Wildman–Crippen MR) is 178 cm³/mol. The summed E-state index contributed by atoms with van der Waals surface area (Å²) in [6.07, 6.45) is -2.84. The number of methoxy groups -OCH3 is 1. The van der Waals surface area contributed by atoms with Crippen LogP contribution in [-0.2, 0) is 14.8 Å². The smallest absolute Gasteiger partial charge is 0.337 e. The molecule has 0 spiro atoms. The monoisotopic (exact) mass is 695 g/mol. The van der Waals surface area contributed by atoms with Crippen LogP contribution in [0.5, 0.6) is 0 Å². The van der Waals surface area contributed by atoms with E-state index in [9.17, 15) is 32.5 Å². The van der Waals surface area contributed by atoms with Crippen molar-refractivity contribution < 1.29 is 31.1 Å². The molecule has 0 aliphatic heterocycles. The minimum absolute atomic E-state index is 0.00633. The summed E-state index contributed by atoms with van der Waals surface area (Å²) >= 11 is 6.59. The molecule has 5 aromatic carbocycles. The molecule has 0 radical (unpaired) electrons. The van der Waals surface area contributed by atoms with E-state index < -0.39 is 28.2 Å². The molecule has 0 amide bonds. The van der Waals surface area contributed by atoms with E-state index in [0.29, 0.717) is 11.1 Å². The number of ether oxygens (including phenoxy) is 1. The maximum Gasteiger partial charge on any atom is 0.337 e. The first-order valence-corrected chi connectivity index (χ1v) is 16.2. The highest BCUT2D eigenvalue weighted by Gasteiger charge is 2.31. The number of nitriles is 2. The first kappa shape index (κ1) is 33.0. The average molecular weight is 696 g/mol. The van der Waals surface area contributed by atoms with Gasteiger partial charge in [0.1, 0.15) is 5.82 Å². The van der Waals surface area contributed by atoms with Gasteiger partial charge in [0, 0.05) is 38.2 Å². The maximum absolute atomic E-state index is 15.0. The van der Waals surface area contributed by atoms with Gasteiger partial charge in [-0.1, -0.05) is 54.1 Å². The molecule has 1 aromatic heterocycles. The van der Waals surface area contributed by atoms with E-state index >= 15 is 4.39 Å². The van der Waals surface area contributed by atoms with Crippen LogP contribution in [0.1, 0.15) is 33.5 Å². The summed E-state index contributed by atoms with van der Waals surface area (Å²) in [5.74, 6) is -1.31. The van der Waals surface area contributed by atoms with Crippen molar-refractivity contribution in [3.8, 4) is 45.6 Å². The molecule has 0 fully saturated rings. The van der Waals surface area contributed by atoms with Gasteiger partial charge in [-0.3, -0.25) is 0 Å². The zero-order valence-electron chi connectivity index (χ0n) is 25.3. The number of hydrogen-bond acceptors (Lipinski definition) is 6. The fourth-order valence-corrected chi connectivity index (χ4v) is 7.56. The van der Waals surface area contributed by atoms with Crippen molar-refractivity contribution in [2.24, 2.45) is 0 Å². The van der Waals surface area contributed by atoms with Gasteiger partial charge in [0.15, 0.2) is 0 Å². The van der Waals surface area contributed by atoms with Crippen LogP contribution in [0.3, 0.4) is 0 Å². The first-order chi connectivity index (χ1) is 23.5. The molecule has 0 aliphatic rings.